The summed E-state index contributed by atoms with van der Waals surface area (Å²) in [6.07, 6.45) is 0. The van der Waals surface area contributed by atoms with E-state index in [0.29, 0.717) is 11.8 Å². The fraction of sp³-hybridized carbons (Fsp3) is 0.625. The van der Waals surface area contributed by atoms with Gasteiger partial charge in [-0.2, -0.15) is 0 Å². The summed E-state index contributed by atoms with van der Waals surface area (Å²) in [5.41, 5.74) is 6.36. The molecular weight excluding hydrogens is 124 g/mol. The minimum Gasteiger partial charge on any atom is -0.384 e. The quantitative estimate of drug-likeness (QED) is 0.469. The van der Waals surface area contributed by atoms with Gasteiger partial charge in [0.05, 0.1) is 0 Å². The lowest BCUT2D eigenvalue weighted by atomic mass is 10.2. The molecule has 0 amide bonds. The molecule has 0 heterocycles. The molecule has 2 nitrogen and oxygen atoms in total. The lowest BCUT2D eigenvalue weighted by Crippen LogP contribution is -2.13. The van der Waals surface area contributed by atoms with Crippen molar-refractivity contribution in [3.05, 3.63) is 12.2 Å². The maximum Gasteiger partial charge on any atom is 0.120 e. The van der Waals surface area contributed by atoms with Crippen LogP contribution in [0.5, 0.6) is 0 Å². The predicted molar refractivity (Wildman–Crippen MR) is 46.1 cm³/mol. The fourth-order valence-corrected chi connectivity index (χ4v) is 0.416. The Morgan fingerprint density at radius 3 is 2.40 bits per heavy atom. The molecule has 2 heteroatoms. The van der Waals surface area contributed by atoms with Crippen molar-refractivity contribution in [1.82, 2.24) is 0 Å². The van der Waals surface area contributed by atoms with Crippen LogP contribution in [-0.4, -0.2) is 12.4 Å². The summed E-state index contributed by atoms with van der Waals surface area (Å²) in [4.78, 5) is 4.12. The summed E-state index contributed by atoms with van der Waals surface area (Å²) >= 11 is 0. The van der Waals surface area contributed by atoms with Crippen LogP contribution >= 0.6 is 0 Å². The van der Waals surface area contributed by atoms with E-state index in [2.05, 4.69) is 25.4 Å². The number of amidine groups is 1. The second kappa shape index (κ2) is 4.09. The van der Waals surface area contributed by atoms with Crippen LogP contribution in [0.15, 0.2) is 17.1 Å². The van der Waals surface area contributed by atoms with E-state index in [1.54, 1.807) is 0 Å². The van der Waals surface area contributed by atoms with Gasteiger partial charge in [-0.15, -0.1) is 0 Å². The van der Waals surface area contributed by atoms with Crippen LogP contribution < -0.4 is 5.73 Å². The van der Waals surface area contributed by atoms with Crippen LogP contribution in [0.3, 0.4) is 0 Å². The third kappa shape index (κ3) is 4.13. The minimum atomic E-state index is 0.567. The predicted octanol–water partition coefficient (Wildman–Crippen LogP) is 1.58. The standard InChI is InChI=1S/C8H16N2/c1-6(2)5-10-8(9)7(3)4/h6H,3,5H2,1-2,4H3,(H2,9,10). The van der Waals surface area contributed by atoms with Crippen molar-refractivity contribution in [2.24, 2.45) is 16.6 Å². The number of nitrogens with zero attached hydrogens (tertiary/aromatic N) is 1. The van der Waals surface area contributed by atoms with E-state index < -0.39 is 0 Å². The zero-order chi connectivity index (χ0) is 8.15. The smallest absolute Gasteiger partial charge is 0.120 e. The first-order chi connectivity index (χ1) is 4.54. The second-order valence-electron chi connectivity index (χ2n) is 2.90. The lowest BCUT2D eigenvalue weighted by molar-refractivity contribution is 0.665. The summed E-state index contributed by atoms with van der Waals surface area (Å²) in [7, 11) is 0. The lowest BCUT2D eigenvalue weighted by Gasteiger charge is -2.00. The maximum atomic E-state index is 5.52. The van der Waals surface area contributed by atoms with E-state index >= 15 is 0 Å². The molecule has 2 N–H and O–H groups in total. The highest BCUT2D eigenvalue weighted by Gasteiger charge is 1.93. The highest BCUT2D eigenvalue weighted by atomic mass is 14.8. The highest BCUT2D eigenvalue weighted by Crippen LogP contribution is 1.93. The van der Waals surface area contributed by atoms with Crippen LogP contribution in [0.4, 0.5) is 0 Å². The Balaban J connectivity index is 3.81. The van der Waals surface area contributed by atoms with Gasteiger partial charge in [0.15, 0.2) is 0 Å². The number of rotatable bonds is 3. The summed E-state index contributed by atoms with van der Waals surface area (Å²) in [5.74, 6) is 1.14. The Labute approximate surface area is 62.8 Å². The molecular formula is C8H16N2. The van der Waals surface area contributed by atoms with Gasteiger partial charge in [-0.3, -0.25) is 4.99 Å². The molecule has 0 aliphatic heterocycles. The Morgan fingerprint density at radius 1 is 1.60 bits per heavy atom. The van der Waals surface area contributed by atoms with Gasteiger partial charge in [0, 0.05) is 6.54 Å². The molecule has 0 radical (unpaired) electrons. The highest BCUT2D eigenvalue weighted by molar-refractivity contribution is 5.95. The molecule has 0 unspecified atom stereocenters. The Hall–Kier alpha value is -0.790. The average molecular weight is 140 g/mol. The molecule has 0 aliphatic rings. The number of hydrogen-bond donors (Lipinski definition) is 1. The van der Waals surface area contributed by atoms with E-state index in [0.717, 1.165) is 12.1 Å². The van der Waals surface area contributed by atoms with Gasteiger partial charge >= 0.3 is 0 Å². The summed E-state index contributed by atoms with van der Waals surface area (Å²) in [5, 5.41) is 0. The van der Waals surface area contributed by atoms with Crippen LogP contribution in [0.25, 0.3) is 0 Å². The first-order valence-electron chi connectivity index (χ1n) is 3.50. The van der Waals surface area contributed by atoms with Crippen LogP contribution in [0, 0.1) is 5.92 Å². The topological polar surface area (TPSA) is 38.4 Å². The number of aliphatic imine (C=N–C) groups is 1. The zero-order valence-electron chi connectivity index (χ0n) is 7.02. The molecule has 0 rings (SSSR count). The molecule has 0 fully saturated rings. The summed E-state index contributed by atoms with van der Waals surface area (Å²) in [6.45, 7) is 10.5. The molecule has 10 heavy (non-hydrogen) atoms. The SMILES string of the molecule is C=C(C)C(N)=NCC(C)C. The van der Waals surface area contributed by atoms with Crippen LogP contribution in [-0.2, 0) is 0 Å². The number of nitrogens with two attached hydrogens (primary N) is 1. The first-order valence-corrected chi connectivity index (χ1v) is 3.50. The molecule has 0 saturated carbocycles. The molecule has 0 aromatic carbocycles. The van der Waals surface area contributed by atoms with Gasteiger partial charge in [-0.05, 0) is 18.4 Å². The normalized spacial score (nSPS) is 12.2. The van der Waals surface area contributed by atoms with Crippen molar-refractivity contribution in [1.29, 1.82) is 0 Å². The summed E-state index contributed by atoms with van der Waals surface area (Å²) < 4.78 is 0. The zero-order valence-corrected chi connectivity index (χ0v) is 7.02. The summed E-state index contributed by atoms with van der Waals surface area (Å²) in [6, 6.07) is 0. The Bertz CT molecular complexity index is 145. The van der Waals surface area contributed by atoms with Crippen molar-refractivity contribution >= 4 is 5.84 Å². The van der Waals surface area contributed by atoms with Crippen molar-refractivity contribution in [3.63, 3.8) is 0 Å². The van der Waals surface area contributed by atoms with E-state index in [4.69, 9.17) is 5.73 Å². The van der Waals surface area contributed by atoms with Crippen molar-refractivity contribution < 1.29 is 0 Å². The average Bonchev–Trinajstić information content (AvgIpc) is 1.82. The van der Waals surface area contributed by atoms with Gasteiger partial charge < -0.3 is 5.73 Å². The van der Waals surface area contributed by atoms with Gasteiger partial charge in [-0.25, -0.2) is 0 Å². The van der Waals surface area contributed by atoms with Crippen molar-refractivity contribution in [2.45, 2.75) is 20.8 Å². The third-order valence-corrected chi connectivity index (χ3v) is 1.06. The first kappa shape index (κ1) is 9.21. The van der Waals surface area contributed by atoms with E-state index in [9.17, 15) is 0 Å². The van der Waals surface area contributed by atoms with Crippen LogP contribution in [0.2, 0.25) is 0 Å². The van der Waals surface area contributed by atoms with Gasteiger partial charge in [0.1, 0.15) is 5.84 Å². The Morgan fingerprint density at radius 2 is 2.10 bits per heavy atom. The largest absolute Gasteiger partial charge is 0.384 e. The molecule has 0 spiro atoms. The number of hydrogen-bond acceptors (Lipinski definition) is 1. The van der Waals surface area contributed by atoms with Crippen molar-refractivity contribution in [2.75, 3.05) is 6.54 Å². The molecule has 58 valence electrons. The minimum absolute atomic E-state index is 0.567. The third-order valence-electron chi connectivity index (χ3n) is 1.06. The molecule has 0 atom stereocenters. The molecule has 0 bridgehead atoms. The molecule has 0 aromatic rings. The van der Waals surface area contributed by atoms with E-state index in [-0.39, 0.29) is 0 Å². The molecule has 0 aliphatic carbocycles. The van der Waals surface area contributed by atoms with Crippen molar-refractivity contribution in [3.8, 4) is 0 Å². The molecule has 0 aromatic heterocycles. The Kier molecular flexibility index (Phi) is 3.77. The van der Waals surface area contributed by atoms with E-state index in [1.165, 1.54) is 0 Å². The second-order valence-corrected chi connectivity index (χ2v) is 2.90. The fourth-order valence-electron chi connectivity index (χ4n) is 0.416. The van der Waals surface area contributed by atoms with Crippen LogP contribution in [0.1, 0.15) is 20.8 Å². The van der Waals surface area contributed by atoms with Gasteiger partial charge in [-0.1, -0.05) is 20.4 Å². The monoisotopic (exact) mass is 140 g/mol. The molecule has 0 saturated heterocycles. The maximum absolute atomic E-state index is 5.52. The van der Waals surface area contributed by atoms with Gasteiger partial charge in [0.25, 0.3) is 0 Å². The van der Waals surface area contributed by atoms with Gasteiger partial charge in [0.2, 0.25) is 0 Å². The van der Waals surface area contributed by atoms with E-state index in [1.807, 2.05) is 6.92 Å².